The lowest BCUT2D eigenvalue weighted by molar-refractivity contribution is 0.118. The molecule has 0 aliphatic heterocycles. The molecule has 0 spiro atoms. The van der Waals surface area contributed by atoms with Crippen LogP contribution in [0.5, 0.6) is 5.75 Å². The highest BCUT2D eigenvalue weighted by molar-refractivity contribution is 6.30. The van der Waals surface area contributed by atoms with Gasteiger partial charge in [-0.25, -0.2) is 0 Å². The maximum absolute atomic E-state index is 10.0. The first-order valence-electron chi connectivity index (χ1n) is 6.78. The summed E-state index contributed by atoms with van der Waals surface area (Å²) in [5.74, 6) is 0.306. The van der Waals surface area contributed by atoms with Gasteiger partial charge in [0.05, 0.1) is 0 Å². The van der Waals surface area contributed by atoms with Gasteiger partial charge < -0.3 is 15.5 Å². The maximum atomic E-state index is 10.0. The van der Waals surface area contributed by atoms with E-state index in [9.17, 15) is 10.2 Å². The van der Waals surface area contributed by atoms with Gasteiger partial charge in [0.15, 0.2) is 0 Å². The number of phenols is 1. The minimum atomic E-state index is -0.0523. The van der Waals surface area contributed by atoms with Crippen LogP contribution in [0.3, 0.4) is 0 Å². The molecule has 1 aliphatic rings. The standard InChI is InChI=1S/C15H22ClNO2/c1-10-6-12(16)7-11(14(10)19)8-17-13-4-3-5-15(13,2)9-18/h6-7,13,17-19H,3-5,8-9H2,1-2H3. The highest BCUT2D eigenvalue weighted by Crippen LogP contribution is 2.38. The van der Waals surface area contributed by atoms with E-state index >= 15 is 0 Å². The second kappa shape index (κ2) is 5.70. The average molecular weight is 284 g/mol. The minimum absolute atomic E-state index is 0.0523. The van der Waals surface area contributed by atoms with Crippen LogP contribution in [0.4, 0.5) is 0 Å². The summed E-state index contributed by atoms with van der Waals surface area (Å²) in [4.78, 5) is 0. The van der Waals surface area contributed by atoms with E-state index in [1.807, 2.05) is 6.92 Å². The van der Waals surface area contributed by atoms with Crippen molar-refractivity contribution in [3.05, 3.63) is 28.3 Å². The molecule has 3 nitrogen and oxygen atoms in total. The number of benzene rings is 1. The average Bonchev–Trinajstić information content (AvgIpc) is 2.74. The predicted octanol–water partition coefficient (Wildman–Crippen LogP) is 2.99. The summed E-state index contributed by atoms with van der Waals surface area (Å²) in [6.45, 7) is 4.73. The molecular weight excluding hydrogens is 262 g/mol. The first kappa shape index (κ1) is 14.6. The molecule has 0 saturated heterocycles. The molecule has 1 saturated carbocycles. The molecule has 0 amide bonds. The van der Waals surface area contributed by atoms with Gasteiger partial charge in [0, 0.05) is 35.2 Å². The summed E-state index contributed by atoms with van der Waals surface area (Å²) in [5, 5.41) is 23.7. The van der Waals surface area contributed by atoms with Crippen molar-refractivity contribution in [3.8, 4) is 5.75 Å². The van der Waals surface area contributed by atoms with Gasteiger partial charge in [-0.3, -0.25) is 0 Å². The topological polar surface area (TPSA) is 52.5 Å². The van der Waals surface area contributed by atoms with Crippen LogP contribution in [0.15, 0.2) is 12.1 Å². The number of aromatic hydroxyl groups is 1. The molecule has 0 radical (unpaired) electrons. The molecule has 0 aromatic heterocycles. The Balaban J connectivity index is 2.07. The third-order valence-corrected chi connectivity index (χ3v) is 4.54. The number of nitrogens with one attached hydrogen (secondary N) is 1. The Labute approximate surface area is 119 Å². The number of phenolic OH excluding ortho intramolecular Hbond substituents is 1. The predicted molar refractivity (Wildman–Crippen MR) is 77.5 cm³/mol. The van der Waals surface area contributed by atoms with E-state index in [1.165, 1.54) is 0 Å². The molecule has 2 rings (SSSR count). The zero-order valence-corrected chi connectivity index (χ0v) is 12.3. The van der Waals surface area contributed by atoms with Gasteiger partial charge in [0.25, 0.3) is 0 Å². The number of hydrogen-bond acceptors (Lipinski definition) is 3. The van der Waals surface area contributed by atoms with Crippen molar-refractivity contribution in [2.24, 2.45) is 5.41 Å². The largest absolute Gasteiger partial charge is 0.507 e. The molecule has 106 valence electrons. The molecule has 2 unspecified atom stereocenters. The van der Waals surface area contributed by atoms with Crippen LogP contribution in [0, 0.1) is 12.3 Å². The smallest absolute Gasteiger partial charge is 0.123 e. The Hall–Kier alpha value is -0.770. The zero-order valence-electron chi connectivity index (χ0n) is 11.5. The highest BCUT2D eigenvalue weighted by Gasteiger charge is 2.37. The molecule has 3 N–H and O–H groups in total. The summed E-state index contributed by atoms with van der Waals surface area (Å²) in [5.41, 5.74) is 1.56. The van der Waals surface area contributed by atoms with Gasteiger partial charge in [0.2, 0.25) is 0 Å². The Morgan fingerprint density at radius 3 is 2.89 bits per heavy atom. The molecule has 2 atom stereocenters. The number of hydrogen-bond donors (Lipinski definition) is 3. The number of rotatable bonds is 4. The van der Waals surface area contributed by atoms with Gasteiger partial charge in [0.1, 0.15) is 5.75 Å². The van der Waals surface area contributed by atoms with E-state index < -0.39 is 0 Å². The number of halogens is 1. The fraction of sp³-hybridized carbons (Fsp3) is 0.600. The van der Waals surface area contributed by atoms with E-state index in [0.717, 1.165) is 30.4 Å². The molecule has 0 heterocycles. The Bertz CT molecular complexity index is 464. The lowest BCUT2D eigenvalue weighted by Gasteiger charge is -2.30. The van der Waals surface area contributed by atoms with E-state index in [1.54, 1.807) is 12.1 Å². The molecule has 1 aliphatic carbocycles. The lowest BCUT2D eigenvalue weighted by atomic mass is 9.85. The van der Waals surface area contributed by atoms with Crippen molar-refractivity contribution in [2.75, 3.05) is 6.61 Å². The Morgan fingerprint density at radius 1 is 1.47 bits per heavy atom. The van der Waals surface area contributed by atoms with Gasteiger partial charge >= 0.3 is 0 Å². The second-order valence-electron chi connectivity index (χ2n) is 5.87. The molecule has 0 bridgehead atoms. The first-order chi connectivity index (χ1) is 8.96. The molecule has 19 heavy (non-hydrogen) atoms. The third-order valence-electron chi connectivity index (χ3n) is 4.33. The minimum Gasteiger partial charge on any atom is -0.507 e. The quantitative estimate of drug-likeness (QED) is 0.796. The van der Waals surface area contributed by atoms with Crippen LogP contribution in [0.2, 0.25) is 5.02 Å². The zero-order chi connectivity index (χ0) is 14.0. The fourth-order valence-corrected chi connectivity index (χ4v) is 3.24. The van der Waals surface area contributed by atoms with E-state index in [4.69, 9.17) is 11.6 Å². The van der Waals surface area contributed by atoms with Gasteiger partial charge in [-0.1, -0.05) is 24.9 Å². The van der Waals surface area contributed by atoms with Crippen molar-refractivity contribution in [1.82, 2.24) is 5.32 Å². The molecule has 1 fully saturated rings. The van der Waals surface area contributed by atoms with Crippen LogP contribution in [-0.2, 0) is 6.54 Å². The van der Waals surface area contributed by atoms with Crippen LogP contribution in [0.1, 0.15) is 37.3 Å². The molecular formula is C15H22ClNO2. The monoisotopic (exact) mass is 283 g/mol. The SMILES string of the molecule is Cc1cc(Cl)cc(CNC2CCCC2(C)CO)c1O. The van der Waals surface area contributed by atoms with Gasteiger partial charge in [-0.2, -0.15) is 0 Å². The second-order valence-corrected chi connectivity index (χ2v) is 6.30. The Kier molecular flexibility index (Phi) is 4.39. The van der Waals surface area contributed by atoms with Crippen LogP contribution in [0.25, 0.3) is 0 Å². The molecule has 1 aromatic carbocycles. The summed E-state index contributed by atoms with van der Waals surface area (Å²) in [7, 11) is 0. The number of aliphatic hydroxyl groups is 1. The summed E-state index contributed by atoms with van der Waals surface area (Å²) >= 11 is 6.02. The molecule has 1 aromatic rings. The summed E-state index contributed by atoms with van der Waals surface area (Å²) in [6.07, 6.45) is 3.24. The summed E-state index contributed by atoms with van der Waals surface area (Å²) in [6, 6.07) is 3.84. The van der Waals surface area contributed by atoms with Crippen molar-refractivity contribution in [3.63, 3.8) is 0 Å². The summed E-state index contributed by atoms with van der Waals surface area (Å²) < 4.78 is 0. The maximum Gasteiger partial charge on any atom is 0.123 e. The first-order valence-corrected chi connectivity index (χ1v) is 7.16. The normalized spacial score (nSPS) is 26.8. The molecule has 4 heteroatoms. The van der Waals surface area contributed by atoms with Crippen molar-refractivity contribution in [2.45, 2.75) is 45.7 Å². The van der Waals surface area contributed by atoms with E-state index in [2.05, 4.69) is 12.2 Å². The van der Waals surface area contributed by atoms with E-state index in [0.29, 0.717) is 17.3 Å². The van der Waals surface area contributed by atoms with Gasteiger partial charge in [-0.05, 0) is 37.5 Å². The number of aryl methyl sites for hydroxylation is 1. The fourth-order valence-electron chi connectivity index (χ4n) is 2.94. The van der Waals surface area contributed by atoms with Gasteiger partial charge in [-0.15, -0.1) is 0 Å². The van der Waals surface area contributed by atoms with Crippen molar-refractivity contribution in [1.29, 1.82) is 0 Å². The van der Waals surface area contributed by atoms with Crippen LogP contribution >= 0.6 is 11.6 Å². The Morgan fingerprint density at radius 2 is 2.21 bits per heavy atom. The highest BCUT2D eigenvalue weighted by atomic mass is 35.5. The lowest BCUT2D eigenvalue weighted by Crippen LogP contribution is -2.41. The number of aliphatic hydroxyl groups excluding tert-OH is 1. The third kappa shape index (κ3) is 3.04. The van der Waals surface area contributed by atoms with Crippen molar-refractivity contribution >= 4 is 11.6 Å². The van der Waals surface area contributed by atoms with Crippen LogP contribution in [-0.4, -0.2) is 22.9 Å². The van der Waals surface area contributed by atoms with Crippen molar-refractivity contribution < 1.29 is 10.2 Å². The van der Waals surface area contributed by atoms with Crippen LogP contribution < -0.4 is 5.32 Å². The van der Waals surface area contributed by atoms with E-state index in [-0.39, 0.29) is 18.1 Å².